The molecule has 15 heavy (non-hydrogen) atoms. The van der Waals surface area contributed by atoms with Crippen LogP contribution in [-0.2, 0) is 9.53 Å². The normalized spacial score (nSPS) is 35.7. The number of esters is 1. The first kappa shape index (κ1) is 10.9. The lowest BCUT2D eigenvalue weighted by Gasteiger charge is -2.47. The summed E-state index contributed by atoms with van der Waals surface area (Å²) < 4.78 is 4.83. The van der Waals surface area contributed by atoms with Crippen molar-refractivity contribution in [3.63, 3.8) is 0 Å². The van der Waals surface area contributed by atoms with Gasteiger partial charge in [0, 0.05) is 6.04 Å². The maximum absolute atomic E-state index is 11.5. The average Bonchev–Trinajstić information content (AvgIpc) is 2.28. The van der Waals surface area contributed by atoms with Gasteiger partial charge in [0.15, 0.2) is 0 Å². The van der Waals surface area contributed by atoms with E-state index in [0.717, 1.165) is 6.54 Å². The van der Waals surface area contributed by atoms with Crippen LogP contribution in [-0.4, -0.2) is 25.7 Å². The zero-order valence-electron chi connectivity index (χ0n) is 9.55. The van der Waals surface area contributed by atoms with E-state index in [9.17, 15) is 4.79 Å². The molecule has 1 N–H and O–H groups in total. The smallest absolute Gasteiger partial charge is 0.306 e. The summed E-state index contributed by atoms with van der Waals surface area (Å²) in [6, 6.07) is 0.555. The van der Waals surface area contributed by atoms with Crippen LogP contribution < -0.4 is 5.32 Å². The van der Waals surface area contributed by atoms with Gasteiger partial charge in [-0.15, -0.1) is 0 Å². The van der Waals surface area contributed by atoms with Crippen LogP contribution in [0.1, 0.15) is 44.9 Å². The third-order valence-electron chi connectivity index (χ3n) is 4.12. The molecule has 3 heteroatoms. The van der Waals surface area contributed by atoms with Gasteiger partial charge in [0.1, 0.15) is 0 Å². The summed E-state index contributed by atoms with van der Waals surface area (Å²) >= 11 is 0. The van der Waals surface area contributed by atoms with Gasteiger partial charge in [-0.2, -0.15) is 0 Å². The number of hydrogen-bond acceptors (Lipinski definition) is 3. The molecule has 0 radical (unpaired) electrons. The first-order valence-corrected chi connectivity index (χ1v) is 6.07. The van der Waals surface area contributed by atoms with Gasteiger partial charge in [-0.1, -0.05) is 12.8 Å². The number of hydrogen-bond donors (Lipinski definition) is 1. The lowest BCUT2D eigenvalue weighted by molar-refractivity contribution is -0.145. The number of carbonyl (C=O) groups is 1. The summed E-state index contributed by atoms with van der Waals surface area (Å²) in [5.41, 5.74) is 0.212. The molecule has 2 rings (SSSR count). The van der Waals surface area contributed by atoms with Crippen molar-refractivity contribution in [1.29, 1.82) is 0 Å². The van der Waals surface area contributed by atoms with Crippen LogP contribution >= 0.6 is 0 Å². The SMILES string of the molecule is COC(=O)C[C@@]12CCCC[C@H]1NCCC2. The first-order chi connectivity index (χ1) is 7.27. The molecule has 1 aliphatic carbocycles. The van der Waals surface area contributed by atoms with Gasteiger partial charge in [-0.3, -0.25) is 4.79 Å². The van der Waals surface area contributed by atoms with Crippen molar-refractivity contribution < 1.29 is 9.53 Å². The van der Waals surface area contributed by atoms with Gasteiger partial charge < -0.3 is 10.1 Å². The summed E-state index contributed by atoms with van der Waals surface area (Å²) in [6.45, 7) is 1.12. The Morgan fingerprint density at radius 2 is 2.20 bits per heavy atom. The van der Waals surface area contributed by atoms with Crippen LogP contribution in [0.25, 0.3) is 0 Å². The highest BCUT2D eigenvalue weighted by molar-refractivity contribution is 5.70. The minimum Gasteiger partial charge on any atom is -0.469 e. The van der Waals surface area contributed by atoms with Gasteiger partial charge in [-0.05, 0) is 37.6 Å². The van der Waals surface area contributed by atoms with Gasteiger partial charge in [0.25, 0.3) is 0 Å². The molecule has 1 aliphatic heterocycles. The molecule has 0 amide bonds. The third kappa shape index (κ3) is 2.17. The predicted molar refractivity (Wildman–Crippen MR) is 58.6 cm³/mol. The predicted octanol–water partition coefficient (Wildman–Crippen LogP) is 1.86. The zero-order chi connectivity index (χ0) is 10.7. The Balaban J connectivity index is 2.08. The molecule has 2 atom stereocenters. The fraction of sp³-hybridized carbons (Fsp3) is 0.917. The van der Waals surface area contributed by atoms with E-state index in [4.69, 9.17) is 4.74 Å². The monoisotopic (exact) mass is 211 g/mol. The Bertz CT molecular complexity index is 228. The Morgan fingerprint density at radius 3 is 3.00 bits per heavy atom. The van der Waals surface area contributed by atoms with E-state index in [0.29, 0.717) is 12.5 Å². The molecule has 0 spiro atoms. The van der Waals surface area contributed by atoms with Crippen LogP contribution in [0.15, 0.2) is 0 Å². The largest absolute Gasteiger partial charge is 0.469 e. The summed E-state index contributed by atoms with van der Waals surface area (Å²) in [4.78, 5) is 11.5. The van der Waals surface area contributed by atoms with E-state index in [1.807, 2.05) is 0 Å². The number of ether oxygens (including phenoxy) is 1. The van der Waals surface area contributed by atoms with Crippen molar-refractivity contribution in [3.8, 4) is 0 Å². The maximum atomic E-state index is 11.5. The van der Waals surface area contributed by atoms with Crippen LogP contribution in [0.3, 0.4) is 0 Å². The van der Waals surface area contributed by atoms with Gasteiger partial charge in [-0.25, -0.2) is 0 Å². The minimum atomic E-state index is -0.0365. The van der Waals surface area contributed by atoms with Crippen molar-refractivity contribution in [1.82, 2.24) is 5.32 Å². The molecule has 86 valence electrons. The molecule has 0 unspecified atom stereocenters. The molecule has 2 aliphatic rings. The second-order valence-electron chi connectivity index (χ2n) is 4.97. The van der Waals surface area contributed by atoms with Gasteiger partial charge in [0.2, 0.25) is 0 Å². The molecule has 0 bridgehead atoms. The lowest BCUT2D eigenvalue weighted by atomic mass is 9.64. The van der Waals surface area contributed by atoms with E-state index in [-0.39, 0.29) is 11.4 Å². The zero-order valence-corrected chi connectivity index (χ0v) is 9.55. The number of methoxy groups -OCH3 is 1. The molecule has 0 aromatic carbocycles. The molecule has 0 aromatic rings. The molecule has 1 saturated carbocycles. The average molecular weight is 211 g/mol. The summed E-state index contributed by atoms with van der Waals surface area (Å²) in [6.07, 6.45) is 8.01. The minimum absolute atomic E-state index is 0.0365. The maximum Gasteiger partial charge on any atom is 0.306 e. The van der Waals surface area contributed by atoms with E-state index >= 15 is 0 Å². The fourth-order valence-electron chi connectivity index (χ4n) is 3.30. The van der Waals surface area contributed by atoms with Crippen LogP contribution in [0.2, 0.25) is 0 Å². The van der Waals surface area contributed by atoms with Crippen LogP contribution in [0.5, 0.6) is 0 Å². The quantitative estimate of drug-likeness (QED) is 0.709. The van der Waals surface area contributed by atoms with Crippen molar-refractivity contribution in [3.05, 3.63) is 0 Å². The fourth-order valence-corrected chi connectivity index (χ4v) is 3.30. The highest BCUT2D eigenvalue weighted by Crippen LogP contribution is 2.45. The summed E-state index contributed by atoms with van der Waals surface area (Å²) in [7, 11) is 1.49. The lowest BCUT2D eigenvalue weighted by Crippen LogP contribution is -2.52. The molecular formula is C12H21NO2. The highest BCUT2D eigenvalue weighted by atomic mass is 16.5. The standard InChI is InChI=1S/C12H21NO2/c1-15-11(14)9-12-6-3-2-5-10(12)13-8-4-7-12/h10,13H,2-9H2,1H3/t10-,12+/m1/s1. The summed E-state index contributed by atoms with van der Waals surface area (Å²) in [5, 5.41) is 3.58. The van der Waals surface area contributed by atoms with Crippen molar-refractivity contribution >= 4 is 5.97 Å². The van der Waals surface area contributed by atoms with Crippen molar-refractivity contribution in [2.75, 3.05) is 13.7 Å². The van der Waals surface area contributed by atoms with Crippen LogP contribution in [0.4, 0.5) is 0 Å². The Kier molecular flexibility index (Phi) is 3.29. The molecular weight excluding hydrogens is 190 g/mol. The molecule has 0 aromatic heterocycles. The number of piperidine rings is 1. The number of fused-ring (bicyclic) bond motifs is 1. The Morgan fingerprint density at radius 1 is 1.40 bits per heavy atom. The van der Waals surface area contributed by atoms with Crippen LogP contribution in [0, 0.1) is 5.41 Å². The van der Waals surface area contributed by atoms with Gasteiger partial charge in [0.05, 0.1) is 13.5 Å². The van der Waals surface area contributed by atoms with E-state index in [2.05, 4.69) is 5.32 Å². The topological polar surface area (TPSA) is 38.3 Å². The summed E-state index contributed by atoms with van der Waals surface area (Å²) in [5.74, 6) is -0.0365. The second-order valence-corrected chi connectivity index (χ2v) is 4.97. The van der Waals surface area contributed by atoms with E-state index < -0.39 is 0 Å². The second kappa shape index (κ2) is 4.52. The van der Waals surface area contributed by atoms with Crippen molar-refractivity contribution in [2.45, 2.75) is 51.0 Å². The van der Waals surface area contributed by atoms with E-state index in [1.165, 1.54) is 45.6 Å². The van der Waals surface area contributed by atoms with Gasteiger partial charge >= 0.3 is 5.97 Å². The first-order valence-electron chi connectivity index (χ1n) is 6.07. The molecule has 1 saturated heterocycles. The number of nitrogens with one attached hydrogen (secondary N) is 1. The number of carbonyl (C=O) groups excluding carboxylic acids is 1. The Hall–Kier alpha value is -0.570. The van der Waals surface area contributed by atoms with Crippen molar-refractivity contribution in [2.24, 2.45) is 5.41 Å². The molecule has 1 heterocycles. The van der Waals surface area contributed by atoms with E-state index in [1.54, 1.807) is 0 Å². The third-order valence-corrected chi connectivity index (χ3v) is 4.12. The Labute approximate surface area is 91.6 Å². The molecule has 3 nitrogen and oxygen atoms in total. The molecule has 2 fully saturated rings. The number of rotatable bonds is 2. The highest BCUT2D eigenvalue weighted by Gasteiger charge is 2.43.